The first-order valence-electron chi connectivity index (χ1n) is 6.93. The van der Waals surface area contributed by atoms with Gasteiger partial charge in [-0.1, -0.05) is 43.7 Å². The molecule has 0 fully saturated rings. The van der Waals surface area contributed by atoms with Crippen molar-refractivity contribution in [1.29, 1.82) is 0 Å². The molecule has 1 nitrogen and oxygen atoms in total. The van der Waals surface area contributed by atoms with Gasteiger partial charge in [0.1, 0.15) is 5.75 Å². The van der Waals surface area contributed by atoms with Crippen molar-refractivity contribution in [3.63, 3.8) is 0 Å². The predicted molar refractivity (Wildman–Crippen MR) is 90.8 cm³/mol. The lowest BCUT2D eigenvalue weighted by molar-refractivity contribution is 0.302. The summed E-state index contributed by atoms with van der Waals surface area (Å²) in [6.07, 6.45) is 8.89. The van der Waals surface area contributed by atoms with Gasteiger partial charge < -0.3 is 4.74 Å². The van der Waals surface area contributed by atoms with Crippen molar-refractivity contribution in [1.82, 2.24) is 0 Å². The molecule has 19 heavy (non-hydrogen) atoms. The molecule has 0 bridgehead atoms. The van der Waals surface area contributed by atoms with Crippen LogP contribution in [0.4, 0.5) is 0 Å². The Kier molecular flexibility index (Phi) is 9.84. The maximum absolute atomic E-state index is 5.88. The summed E-state index contributed by atoms with van der Waals surface area (Å²) in [5.41, 5.74) is 0. The number of hydrogen-bond acceptors (Lipinski definition) is 2. The van der Waals surface area contributed by atoms with Crippen LogP contribution in [0.3, 0.4) is 0 Å². The number of benzene rings is 1. The van der Waals surface area contributed by atoms with Gasteiger partial charge in [-0.25, -0.2) is 0 Å². The number of rotatable bonds is 10. The molecule has 0 saturated carbocycles. The number of ether oxygens (including phenoxy) is 1. The van der Waals surface area contributed by atoms with Crippen LogP contribution in [0.25, 0.3) is 0 Å². The van der Waals surface area contributed by atoms with Crippen molar-refractivity contribution in [2.45, 2.75) is 44.9 Å². The summed E-state index contributed by atoms with van der Waals surface area (Å²) in [6, 6.07) is 5.62. The monoisotopic (exact) mass is 364 g/mol. The van der Waals surface area contributed by atoms with Crippen LogP contribution in [-0.2, 0) is 0 Å². The standard InChI is InChI=1S/C15H22BrClOS/c16-14-12-13(17)8-9-15(14)18-10-6-4-2-1-3-5-7-11-19/h8-9,12,19H,1-7,10-11H2. The van der Waals surface area contributed by atoms with E-state index in [9.17, 15) is 0 Å². The molecule has 0 atom stereocenters. The van der Waals surface area contributed by atoms with E-state index in [0.29, 0.717) is 0 Å². The Morgan fingerprint density at radius 3 is 2.26 bits per heavy atom. The molecule has 0 spiro atoms. The fraction of sp³-hybridized carbons (Fsp3) is 0.600. The molecule has 0 heterocycles. The Morgan fingerprint density at radius 1 is 1.00 bits per heavy atom. The van der Waals surface area contributed by atoms with Gasteiger partial charge in [-0.15, -0.1) is 0 Å². The van der Waals surface area contributed by atoms with Crippen LogP contribution >= 0.6 is 40.2 Å². The molecule has 0 aliphatic rings. The predicted octanol–water partition coefficient (Wildman–Crippen LogP) is 6.14. The largest absolute Gasteiger partial charge is 0.492 e. The molecule has 1 aromatic carbocycles. The van der Waals surface area contributed by atoms with Gasteiger partial charge in [0.2, 0.25) is 0 Å². The lowest BCUT2D eigenvalue weighted by Crippen LogP contribution is -1.97. The van der Waals surface area contributed by atoms with E-state index in [-0.39, 0.29) is 0 Å². The zero-order chi connectivity index (χ0) is 13.9. The minimum absolute atomic E-state index is 0.723. The molecule has 4 heteroatoms. The Labute approximate surface area is 135 Å². The Balaban J connectivity index is 2.01. The van der Waals surface area contributed by atoms with Gasteiger partial charge >= 0.3 is 0 Å². The van der Waals surface area contributed by atoms with Crippen molar-refractivity contribution in [2.75, 3.05) is 12.4 Å². The normalized spacial score (nSPS) is 10.7. The van der Waals surface area contributed by atoms with Crippen molar-refractivity contribution in [3.8, 4) is 5.75 Å². The Hall–Kier alpha value is 0.140. The summed E-state index contributed by atoms with van der Waals surface area (Å²) in [5, 5.41) is 0.723. The fourth-order valence-corrected chi connectivity index (χ4v) is 2.89. The van der Waals surface area contributed by atoms with Crippen LogP contribution in [0, 0.1) is 0 Å². The van der Waals surface area contributed by atoms with E-state index < -0.39 is 0 Å². The molecule has 0 N–H and O–H groups in total. The molecule has 1 rings (SSSR count). The molecule has 0 unspecified atom stereocenters. The first kappa shape index (κ1) is 17.2. The van der Waals surface area contributed by atoms with Crippen LogP contribution in [0.1, 0.15) is 44.9 Å². The highest BCUT2D eigenvalue weighted by molar-refractivity contribution is 9.10. The Morgan fingerprint density at radius 2 is 1.63 bits per heavy atom. The number of halogens is 2. The van der Waals surface area contributed by atoms with Crippen LogP contribution in [0.15, 0.2) is 22.7 Å². The second-order valence-electron chi connectivity index (χ2n) is 4.62. The maximum Gasteiger partial charge on any atom is 0.133 e. The second kappa shape index (κ2) is 10.9. The molecule has 0 aliphatic heterocycles. The highest BCUT2D eigenvalue weighted by Crippen LogP contribution is 2.28. The summed E-state index contributed by atoms with van der Waals surface area (Å²) >= 11 is 13.5. The maximum atomic E-state index is 5.88. The van der Waals surface area contributed by atoms with Crippen LogP contribution in [0.5, 0.6) is 5.75 Å². The summed E-state index contributed by atoms with van der Waals surface area (Å²) in [4.78, 5) is 0. The second-order valence-corrected chi connectivity index (χ2v) is 6.36. The van der Waals surface area contributed by atoms with Gasteiger partial charge in [0.25, 0.3) is 0 Å². The van der Waals surface area contributed by atoms with Crippen molar-refractivity contribution in [2.24, 2.45) is 0 Å². The molecular formula is C15H22BrClOS. The Bertz CT molecular complexity index is 360. The number of hydrogen-bond donors (Lipinski definition) is 1. The molecule has 0 aromatic heterocycles. The van der Waals surface area contributed by atoms with Crippen molar-refractivity contribution < 1.29 is 4.74 Å². The van der Waals surface area contributed by atoms with Gasteiger partial charge in [0.15, 0.2) is 0 Å². The zero-order valence-corrected chi connectivity index (χ0v) is 14.4. The van der Waals surface area contributed by atoms with E-state index >= 15 is 0 Å². The quantitative estimate of drug-likeness (QED) is 0.387. The minimum atomic E-state index is 0.723. The molecular weight excluding hydrogens is 344 g/mol. The molecule has 1 aromatic rings. The number of thiol groups is 1. The molecule has 0 aliphatic carbocycles. The highest BCUT2D eigenvalue weighted by Gasteiger charge is 2.01. The van der Waals surface area contributed by atoms with Crippen molar-refractivity contribution in [3.05, 3.63) is 27.7 Å². The average molecular weight is 366 g/mol. The van der Waals surface area contributed by atoms with E-state index in [1.54, 1.807) is 0 Å². The lowest BCUT2D eigenvalue weighted by Gasteiger charge is -2.08. The van der Waals surface area contributed by atoms with E-state index in [0.717, 1.165) is 34.0 Å². The van der Waals surface area contributed by atoms with Gasteiger partial charge in [-0.05, 0) is 52.7 Å². The summed E-state index contributed by atoms with van der Waals surface area (Å²) < 4.78 is 6.64. The van der Waals surface area contributed by atoms with Gasteiger partial charge in [-0.3, -0.25) is 0 Å². The van der Waals surface area contributed by atoms with Crippen LogP contribution in [0.2, 0.25) is 5.02 Å². The van der Waals surface area contributed by atoms with Gasteiger partial charge in [0, 0.05) is 5.02 Å². The first-order valence-corrected chi connectivity index (χ1v) is 8.73. The fourth-order valence-electron chi connectivity index (χ4n) is 1.87. The van der Waals surface area contributed by atoms with Crippen LogP contribution in [-0.4, -0.2) is 12.4 Å². The summed E-state index contributed by atoms with van der Waals surface area (Å²) in [5.74, 6) is 1.89. The summed E-state index contributed by atoms with van der Waals surface area (Å²) in [7, 11) is 0. The SMILES string of the molecule is SCCCCCCCCCOc1ccc(Cl)cc1Br. The topological polar surface area (TPSA) is 9.23 Å². The van der Waals surface area contributed by atoms with Gasteiger partial charge in [0.05, 0.1) is 11.1 Å². The average Bonchev–Trinajstić information content (AvgIpc) is 2.39. The lowest BCUT2D eigenvalue weighted by atomic mass is 10.1. The van der Waals surface area contributed by atoms with E-state index in [1.807, 2.05) is 18.2 Å². The molecule has 0 saturated heterocycles. The smallest absolute Gasteiger partial charge is 0.133 e. The summed E-state index contributed by atoms with van der Waals surface area (Å²) in [6.45, 7) is 0.775. The van der Waals surface area contributed by atoms with E-state index in [2.05, 4.69) is 28.6 Å². The number of unbranched alkanes of at least 4 members (excludes halogenated alkanes) is 6. The highest BCUT2D eigenvalue weighted by atomic mass is 79.9. The molecule has 0 amide bonds. The molecule has 0 radical (unpaired) electrons. The van der Waals surface area contributed by atoms with E-state index in [1.165, 1.54) is 38.5 Å². The third-order valence-electron chi connectivity index (χ3n) is 2.95. The van der Waals surface area contributed by atoms with Gasteiger partial charge in [-0.2, -0.15) is 12.6 Å². The molecule has 108 valence electrons. The third-order valence-corrected chi connectivity index (χ3v) is 4.12. The van der Waals surface area contributed by atoms with Crippen molar-refractivity contribution >= 4 is 40.2 Å². The third kappa shape index (κ3) is 8.11. The minimum Gasteiger partial charge on any atom is -0.492 e. The zero-order valence-electron chi connectivity index (χ0n) is 11.2. The van der Waals surface area contributed by atoms with E-state index in [4.69, 9.17) is 16.3 Å². The van der Waals surface area contributed by atoms with Crippen LogP contribution < -0.4 is 4.74 Å². The first-order chi connectivity index (χ1) is 9.24.